The highest BCUT2D eigenvalue weighted by atomic mass is 16.4. The zero-order valence-corrected chi connectivity index (χ0v) is 15.3. The molecule has 1 heterocycles. The summed E-state index contributed by atoms with van der Waals surface area (Å²) in [5, 5.41) is 21.7. The second-order valence-corrected chi connectivity index (χ2v) is 6.73. The van der Waals surface area contributed by atoms with E-state index >= 15 is 0 Å². The van der Waals surface area contributed by atoms with E-state index in [9.17, 15) is 24.6 Å². The number of nitrogens with zero attached hydrogens (tertiary/aromatic N) is 1. The molecule has 0 bridgehead atoms. The Labute approximate surface area is 158 Å². The molecule has 0 radical (unpaired) electrons. The van der Waals surface area contributed by atoms with Gasteiger partial charge in [0.2, 0.25) is 5.91 Å². The average Bonchev–Trinajstić information content (AvgIpc) is 2.63. The fourth-order valence-corrected chi connectivity index (χ4v) is 3.38. The van der Waals surface area contributed by atoms with Crippen LogP contribution in [0, 0.1) is 0 Å². The van der Waals surface area contributed by atoms with Gasteiger partial charge in [-0.1, -0.05) is 24.6 Å². The van der Waals surface area contributed by atoms with Crippen molar-refractivity contribution in [3.8, 4) is 0 Å². The molecule has 0 fully saturated rings. The molecule has 8 heteroatoms. The number of para-hydroxylation sites is 1. The normalized spacial score (nSPS) is 18.3. The predicted molar refractivity (Wildman–Crippen MR) is 101 cm³/mol. The van der Waals surface area contributed by atoms with Crippen LogP contribution < -0.4 is 16.0 Å². The van der Waals surface area contributed by atoms with Crippen LogP contribution in [-0.2, 0) is 20.8 Å². The van der Waals surface area contributed by atoms with Gasteiger partial charge in [0.1, 0.15) is 12.6 Å². The number of amides is 1. The number of carboxylic acid groups (broad SMARTS) is 2. The summed E-state index contributed by atoms with van der Waals surface area (Å²) in [5.74, 6) is -2.54. The van der Waals surface area contributed by atoms with E-state index in [0.29, 0.717) is 50.8 Å². The summed E-state index contributed by atoms with van der Waals surface area (Å²) in [4.78, 5) is 37.2. The number of hydrogen-bond donors (Lipinski definition) is 4. The van der Waals surface area contributed by atoms with Crippen LogP contribution in [-0.4, -0.2) is 53.2 Å². The molecule has 0 aliphatic carbocycles. The lowest BCUT2D eigenvalue weighted by atomic mass is 9.97. The third kappa shape index (κ3) is 5.77. The molecule has 0 unspecified atom stereocenters. The van der Waals surface area contributed by atoms with Crippen LogP contribution in [0.2, 0.25) is 0 Å². The zero-order chi connectivity index (χ0) is 19.8. The van der Waals surface area contributed by atoms with Crippen molar-refractivity contribution >= 4 is 23.5 Å². The summed E-state index contributed by atoms with van der Waals surface area (Å²) in [6.07, 6.45) is 3.57. The van der Waals surface area contributed by atoms with E-state index in [2.05, 4.69) is 5.32 Å². The molecule has 0 saturated carbocycles. The molecule has 0 spiro atoms. The number of rotatable bonds is 9. The highest BCUT2D eigenvalue weighted by molar-refractivity contribution is 6.01. The first-order valence-electron chi connectivity index (χ1n) is 9.24. The first kappa shape index (κ1) is 20.9. The Bertz CT molecular complexity index is 679. The predicted octanol–water partition coefficient (Wildman–Crippen LogP) is 0.981. The fraction of sp³-hybridized carbons (Fsp3) is 0.526. The van der Waals surface area contributed by atoms with E-state index < -0.39 is 36.5 Å². The Kier molecular flexibility index (Phi) is 7.75. The molecule has 2 rings (SSSR count). The van der Waals surface area contributed by atoms with Gasteiger partial charge in [-0.05, 0) is 50.3 Å². The molecule has 1 aliphatic heterocycles. The van der Waals surface area contributed by atoms with Gasteiger partial charge in [-0.25, -0.2) is 0 Å². The molecule has 1 amide bonds. The second kappa shape index (κ2) is 10.0. The first-order valence-corrected chi connectivity index (χ1v) is 9.24. The van der Waals surface area contributed by atoms with Gasteiger partial charge in [-0.15, -0.1) is 0 Å². The molecule has 8 nitrogen and oxygen atoms in total. The minimum Gasteiger partial charge on any atom is -0.480 e. The van der Waals surface area contributed by atoms with Crippen molar-refractivity contribution in [2.75, 3.05) is 18.0 Å². The molecule has 148 valence electrons. The van der Waals surface area contributed by atoms with E-state index in [0.717, 1.165) is 5.56 Å². The van der Waals surface area contributed by atoms with E-state index in [1.165, 1.54) is 4.90 Å². The largest absolute Gasteiger partial charge is 0.480 e. The van der Waals surface area contributed by atoms with E-state index in [1.807, 2.05) is 12.1 Å². The summed E-state index contributed by atoms with van der Waals surface area (Å²) < 4.78 is 0. The van der Waals surface area contributed by atoms with E-state index in [-0.39, 0.29) is 0 Å². The number of carbonyl (C=O) groups is 3. The van der Waals surface area contributed by atoms with Crippen LogP contribution in [0.3, 0.4) is 0 Å². The topological polar surface area (TPSA) is 133 Å². The number of nitrogens with one attached hydrogen (secondary N) is 1. The molecule has 0 aromatic heterocycles. The van der Waals surface area contributed by atoms with Crippen molar-refractivity contribution in [2.45, 2.75) is 50.6 Å². The van der Waals surface area contributed by atoms with Crippen LogP contribution in [0.4, 0.5) is 5.69 Å². The van der Waals surface area contributed by atoms with Crippen molar-refractivity contribution in [2.24, 2.45) is 5.73 Å². The number of unbranched alkanes of at least 4 members (excludes halogenated alkanes) is 1. The summed E-state index contributed by atoms with van der Waals surface area (Å²) in [6, 6.07) is 5.63. The maximum Gasteiger partial charge on any atom is 0.323 e. The number of aliphatic carboxylic acids is 2. The van der Waals surface area contributed by atoms with Crippen molar-refractivity contribution < 1.29 is 24.6 Å². The van der Waals surface area contributed by atoms with Crippen LogP contribution in [0.1, 0.15) is 37.7 Å². The van der Waals surface area contributed by atoms with Gasteiger partial charge < -0.3 is 15.9 Å². The van der Waals surface area contributed by atoms with Gasteiger partial charge in [0.15, 0.2) is 0 Å². The van der Waals surface area contributed by atoms with E-state index in [1.54, 1.807) is 12.1 Å². The molecular weight excluding hydrogens is 350 g/mol. The maximum absolute atomic E-state index is 13.1. The van der Waals surface area contributed by atoms with Gasteiger partial charge in [-0.2, -0.15) is 0 Å². The Morgan fingerprint density at radius 2 is 2.00 bits per heavy atom. The number of benzene rings is 1. The third-order valence-corrected chi connectivity index (χ3v) is 4.73. The number of hydrogen-bond acceptors (Lipinski definition) is 5. The van der Waals surface area contributed by atoms with Crippen LogP contribution in [0.25, 0.3) is 0 Å². The molecular formula is C19H27N3O5. The van der Waals surface area contributed by atoms with Crippen molar-refractivity contribution in [3.05, 3.63) is 29.8 Å². The molecule has 0 saturated heterocycles. The average molecular weight is 377 g/mol. The highest BCUT2D eigenvalue weighted by Crippen LogP contribution is 2.26. The van der Waals surface area contributed by atoms with Gasteiger partial charge >= 0.3 is 11.9 Å². The monoisotopic (exact) mass is 377 g/mol. The summed E-state index contributed by atoms with van der Waals surface area (Å²) in [5.41, 5.74) is 6.96. The Morgan fingerprint density at radius 1 is 1.26 bits per heavy atom. The number of aryl methyl sites for hydroxylation is 1. The molecule has 27 heavy (non-hydrogen) atoms. The van der Waals surface area contributed by atoms with Crippen molar-refractivity contribution in [1.29, 1.82) is 0 Å². The minimum atomic E-state index is -1.12. The Hall–Kier alpha value is -2.45. The molecule has 1 aliphatic rings. The van der Waals surface area contributed by atoms with Gasteiger partial charge in [0.05, 0.1) is 6.04 Å². The number of carboxylic acids is 2. The summed E-state index contributed by atoms with van der Waals surface area (Å²) in [6.45, 7) is 0.0246. The Balaban J connectivity index is 2.23. The first-order chi connectivity index (χ1) is 12.9. The number of fused-ring (bicyclic) bond motifs is 1. The van der Waals surface area contributed by atoms with Crippen molar-refractivity contribution in [1.82, 2.24) is 5.32 Å². The lowest BCUT2D eigenvalue weighted by Gasteiger charge is -2.32. The maximum atomic E-state index is 13.1. The number of nitrogens with two attached hydrogens (primary N) is 1. The van der Waals surface area contributed by atoms with Gasteiger partial charge in [0.25, 0.3) is 0 Å². The fourth-order valence-electron chi connectivity index (χ4n) is 3.38. The lowest BCUT2D eigenvalue weighted by molar-refractivity contribution is -0.141. The number of carbonyl (C=O) groups excluding carboxylic acids is 1. The second-order valence-electron chi connectivity index (χ2n) is 6.73. The summed E-state index contributed by atoms with van der Waals surface area (Å²) in [7, 11) is 0. The van der Waals surface area contributed by atoms with Gasteiger partial charge in [0, 0.05) is 5.69 Å². The Morgan fingerprint density at radius 3 is 2.67 bits per heavy atom. The molecule has 1 aromatic carbocycles. The zero-order valence-electron chi connectivity index (χ0n) is 15.3. The smallest absolute Gasteiger partial charge is 0.323 e. The third-order valence-electron chi connectivity index (χ3n) is 4.73. The molecule has 2 atom stereocenters. The standard InChI is InChI=1S/C19H27N3O5/c20-11-4-3-8-15(19(26)27)21-14-9-5-7-13-6-1-2-10-16(13)22(18(14)25)12-17(23)24/h1-2,6,10,14-15,21H,3-5,7-9,11-12,20H2,(H,23,24)(H,26,27)/t14-,15-/m0/s1. The highest BCUT2D eigenvalue weighted by Gasteiger charge is 2.32. The number of anilines is 1. The van der Waals surface area contributed by atoms with Crippen LogP contribution in [0.15, 0.2) is 24.3 Å². The SMILES string of the molecule is NCCCC[C@H](N[C@H]1CCCc2ccccc2N(CC(=O)O)C1=O)C(=O)O. The van der Waals surface area contributed by atoms with Crippen molar-refractivity contribution in [3.63, 3.8) is 0 Å². The lowest BCUT2D eigenvalue weighted by Crippen LogP contribution is -2.54. The summed E-state index contributed by atoms with van der Waals surface area (Å²) >= 11 is 0. The van der Waals surface area contributed by atoms with Gasteiger partial charge in [-0.3, -0.25) is 24.6 Å². The van der Waals surface area contributed by atoms with Crippen LogP contribution >= 0.6 is 0 Å². The molecule has 1 aromatic rings. The quantitative estimate of drug-likeness (QED) is 0.471. The van der Waals surface area contributed by atoms with Crippen LogP contribution in [0.5, 0.6) is 0 Å². The molecule has 5 N–H and O–H groups in total. The van der Waals surface area contributed by atoms with E-state index in [4.69, 9.17) is 5.73 Å². The minimum absolute atomic E-state index is 0.367.